The predicted octanol–water partition coefficient (Wildman–Crippen LogP) is 6.05. The first kappa shape index (κ1) is 17.4. The molecule has 0 spiro atoms. The van der Waals surface area contributed by atoms with E-state index in [9.17, 15) is 0 Å². The average Bonchev–Trinajstić information content (AvgIpc) is 2.14. The SMILES string of the molecule is CCCCCCCC(P)(CC(C)C)CC(C)C. The maximum Gasteiger partial charge on any atom is -0.0145 e. The fourth-order valence-corrected chi connectivity index (χ4v) is 4.14. The summed E-state index contributed by atoms with van der Waals surface area (Å²) in [6.45, 7) is 11.7. The predicted molar refractivity (Wildman–Crippen MR) is 84.7 cm³/mol. The molecule has 0 radical (unpaired) electrons. The molecule has 1 atom stereocenters. The van der Waals surface area contributed by atoms with Crippen molar-refractivity contribution in [2.24, 2.45) is 11.8 Å². The fraction of sp³-hybridized carbons (Fsp3) is 1.00. The molecular weight excluding hydrogens is 223 g/mol. The van der Waals surface area contributed by atoms with Gasteiger partial charge in [-0.05, 0) is 36.3 Å². The van der Waals surface area contributed by atoms with E-state index in [1.165, 1.54) is 51.4 Å². The van der Waals surface area contributed by atoms with E-state index < -0.39 is 0 Å². The van der Waals surface area contributed by atoms with E-state index >= 15 is 0 Å². The van der Waals surface area contributed by atoms with Crippen LogP contribution in [0.5, 0.6) is 0 Å². The Bertz CT molecular complexity index is 162. The summed E-state index contributed by atoms with van der Waals surface area (Å²) in [5.74, 6) is 1.64. The minimum atomic E-state index is 0.508. The van der Waals surface area contributed by atoms with Gasteiger partial charge in [-0.3, -0.25) is 0 Å². The molecule has 0 aliphatic heterocycles. The van der Waals surface area contributed by atoms with Crippen molar-refractivity contribution < 1.29 is 0 Å². The van der Waals surface area contributed by atoms with Crippen LogP contribution in [0.2, 0.25) is 0 Å². The molecule has 0 saturated carbocycles. The molecule has 1 unspecified atom stereocenters. The topological polar surface area (TPSA) is 0 Å². The van der Waals surface area contributed by atoms with Gasteiger partial charge in [-0.1, -0.05) is 66.7 Å². The molecule has 0 aliphatic carbocycles. The molecule has 0 bridgehead atoms. The van der Waals surface area contributed by atoms with Crippen molar-refractivity contribution in [3.05, 3.63) is 0 Å². The van der Waals surface area contributed by atoms with Crippen molar-refractivity contribution in [1.82, 2.24) is 0 Å². The minimum absolute atomic E-state index is 0.508. The first-order valence-electron chi connectivity index (χ1n) is 7.68. The molecule has 0 rings (SSSR count). The highest BCUT2D eigenvalue weighted by Gasteiger charge is 2.26. The summed E-state index contributed by atoms with van der Waals surface area (Å²) in [6, 6.07) is 0. The van der Waals surface area contributed by atoms with Crippen molar-refractivity contribution in [3.63, 3.8) is 0 Å². The molecule has 0 N–H and O–H groups in total. The van der Waals surface area contributed by atoms with Gasteiger partial charge in [0, 0.05) is 0 Å². The van der Waals surface area contributed by atoms with Crippen LogP contribution in [0.4, 0.5) is 0 Å². The lowest BCUT2D eigenvalue weighted by molar-refractivity contribution is 0.351. The molecule has 0 aromatic rings. The molecule has 0 aromatic heterocycles. The van der Waals surface area contributed by atoms with Crippen LogP contribution in [0.3, 0.4) is 0 Å². The normalized spacial score (nSPS) is 12.7. The zero-order valence-corrected chi connectivity index (χ0v) is 14.0. The number of hydrogen-bond acceptors (Lipinski definition) is 0. The van der Waals surface area contributed by atoms with Gasteiger partial charge < -0.3 is 0 Å². The van der Waals surface area contributed by atoms with Gasteiger partial charge in [0.1, 0.15) is 0 Å². The standard InChI is InChI=1S/C16H35P/c1-6-7-8-9-10-11-16(17,12-14(2)3)13-15(4)5/h14-15H,6-13,17H2,1-5H3. The Morgan fingerprint density at radius 3 is 1.71 bits per heavy atom. The molecule has 0 nitrogen and oxygen atoms in total. The third kappa shape index (κ3) is 10.1. The summed E-state index contributed by atoms with van der Waals surface area (Å²) in [7, 11) is 3.20. The average molecular weight is 258 g/mol. The van der Waals surface area contributed by atoms with E-state index in [0.717, 1.165) is 11.8 Å². The third-order valence-electron chi connectivity index (χ3n) is 3.41. The highest BCUT2D eigenvalue weighted by Crippen LogP contribution is 2.38. The van der Waals surface area contributed by atoms with E-state index in [4.69, 9.17) is 0 Å². The molecule has 0 saturated heterocycles. The second-order valence-electron chi connectivity index (χ2n) is 6.72. The second-order valence-corrected chi connectivity index (χ2v) is 7.95. The van der Waals surface area contributed by atoms with Crippen LogP contribution in [0.1, 0.15) is 86.0 Å². The Balaban J connectivity index is 4.00. The summed E-state index contributed by atoms with van der Waals surface area (Å²) in [4.78, 5) is 0. The Morgan fingerprint density at radius 1 is 0.824 bits per heavy atom. The molecule has 104 valence electrons. The largest absolute Gasteiger partial charge is 0.131 e. The van der Waals surface area contributed by atoms with Gasteiger partial charge in [-0.25, -0.2) is 0 Å². The zero-order chi connectivity index (χ0) is 13.3. The fourth-order valence-electron chi connectivity index (χ4n) is 2.99. The maximum absolute atomic E-state index is 3.20. The molecule has 0 amide bonds. The molecule has 0 aliphatic rings. The third-order valence-corrected chi connectivity index (χ3v) is 4.17. The quantitative estimate of drug-likeness (QED) is 0.330. The minimum Gasteiger partial charge on any atom is -0.131 e. The molecular formula is C16H35P. The lowest BCUT2D eigenvalue weighted by Gasteiger charge is -2.33. The Morgan fingerprint density at radius 2 is 1.29 bits per heavy atom. The Hall–Kier alpha value is 0.430. The Labute approximate surface area is 113 Å². The van der Waals surface area contributed by atoms with E-state index in [-0.39, 0.29) is 0 Å². The van der Waals surface area contributed by atoms with Gasteiger partial charge in [0.25, 0.3) is 0 Å². The summed E-state index contributed by atoms with van der Waals surface area (Å²) in [6.07, 6.45) is 11.2. The highest BCUT2D eigenvalue weighted by atomic mass is 31.0. The highest BCUT2D eigenvalue weighted by molar-refractivity contribution is 7.19. The first-order chi connectivity index (χ1) is 7.89. The van der Waals surface area contributed by atoms with Crippen molar-refractivity contribution in [2.45, 2.75) is 91.1 Å². The maximum atomic E-state index is 3.20. The molecule has 0 fully saturated rings. The monoisotopic (exact) mass is 258 g/mol. The lowest BCUT2D eigenvalue weighted by Crippen LogP contribution is -2.25. The van der Waals surface area contributed by atoms with Crippen LogP contribution < -0.4 is 0 Å². The van der Waals surface area contributed by atoms with E-state index in [1.54, 1.807) is 0 Å². The van der Waals surface area contributed by atoms with Crippen LogP contribution >= 0.6 is 9.24 Å². The van der Waals surface area contributed by atoms with Gasteiger partial charge in [0.2, 0.25) is 0 Å². The Kier molecular flexibility index (Phi) is 9.61. The number of rotatable bonds is 10. The molecule has 0 aromatic carbocycles. The number of hydrogen-bond donors (Lipinski definition) is 0. The van der Waals surface area contributed by atoms with Crippen LogP contribution in [-0.4, -0.2) is 5.16 Å². The van der Waals surface area contributed by atoms with Crippen LogP contribution in [0.15, 0.2) is 0 Å². The van der Waals surface area contributed by atoms with Gasteiger partial charge in [-0.2, -0.15) is 0 Å². The van der Waals surface area contributed by atoms with Crippen molar-refractivity contribution in [3.8, 4) is 0 Å². The van der Waals surface area contributed by atoms with Gasteiger partial charge in [-0.15, -0.1) is 9.24 Å². The number of unbranched alkanes of at least 4 members (excludes halogenated alkanes) is 4. The van der Waals surface area contributed by atoms with E-state index in [1.807, 2.05) is 0 Å². The van der Waals surface area contributed by atoms with E-state index in [0.29, 0.717) is 5.16 Å². The van der Waals surface area contributed by atoms with Crippen LogP contribution in [0, 0.1) is 11.8 Å². The van der Waals surface area contributed by atoms with Gasteiger partial charge >= 0.3 is 0 Å². The van der Waals surface area contributed by atoms with Crippen LogP contribution in [0.25, 0.3) is 0 Å². The summed E-state index contributed by atoms with van der Waals surface area (Å²) in [5.41, 5.74) is 0. The molecule has 1 heteroatoms. The molecule has 17 heavy (non-hydrogen) atoms. The van der Waals surface area contributed by atoms with Crippen molar-refractivity contribution in [2.75, 3.05) is 0 Å². The van der Waals surface area contributed by atoms with Crippen LogP contribution in [-0.2, 0) is 0 Å². The van der Waals surface area contributed by atoms with Crippen molar-refractivity contribution in [1.29, 1.82) is 0 Å². The first-order valence-corrected chi connectivity index (χ1v) is 8.26. The second kappa shape index (κ2) is 9.37. The smallest absolute Gasteiger partial charge is 0.0145 e. The van der Waals surface area contributed by atoms with Crippen molar-refractivity contribution >= 4 is 9.24 Å². The summed E-state index contributed by atoms with van der Waals surface area (Å²) < 4.78 is 0. The lowest BCUT2D eigenvalue weighted by atomic mass is 9.84. The van der Waals surface area contributed by atoms with Gasteiger partial charge in [0.05, 0.1) is 0 Å². The summed E-state index contributed by atoms with van der Waals surface area (Å²) in [5, 5.41) is 0.508. The van der Waals surface area contributed by atoms with E-state index in [2.05, 4.69) is 43.9 Å². The van der Waals surface area contributed by atoms with Gasteiger partial charge in [0.15, 0.2) is 0 Å². The summed E-state index contributed by atoms with van der Waals surface area (Å²) >= 11 is 0. The molecule has 0 heterocycles. The zero-order valence-electron chi connectivity index (χ0n) is 12.9.